The highest BCUT2D eigenvalue weighted by Gasteiger charge is 2.20. The van der Waals surface area contributed by atoms with Gasteiger partial charge in [0.1, 0.15) is 17.7 Å². The number of rotatable bonds is 10. The van der Waals surface area contributed by atoms with Crippen molar-refractivity contribution in [2.45, 2.75) is 59.2 Å². The van der Waals surface area contributed by atoms with Crippen LogP contribution in [-0.4, -0.2) is 30.4 Å². The molecule has 0 aliphatic heterocycles. The van der Waals surface area contributed by atoms with Gasteiger partial charge in [-0.3, -0.25) is 4.79 Å². The maximum atomic E-state index is 12.9. The molecule has 134 valence electrons. The van der Waals surface area contributed by atoms with Crippen LogP contribution in [0.3, 0.4) is 0 Å². The number of carbonyl (C=O) groups excluding carboxylic acids is 1. The van der Waals surface area contributed by atoms with E-state index in [0.717, 1.165) is 18.6 Å². The van der Waals surface area contributed by atoms with E-state index in [9.17, 15) is 9.18 Å². The third-order valence-electron chi connectivity index (χ3n) is 3.19. The molecule has 0 heterocycles. The number of unbranched alkanes of at least 4 members (excludes halogenated alkanes) is 1. The highest BCUT2D eigenvalue weighted by atomic mass is 19.1. The van der Waals surface area contributed by atoms with Gasteiger partial charge in [0.05, 0.1) is 12.3 Å². The molecular weight excluding hydrogens is 311 g/mol. The summed E-state index contributed by atoms with van der Waals surface area (Å²) < 4.78 is 18.5. The van der Waals surface area contributed by atoms with Crippen LogP contribution in [0.25, 0.3) is 0 Å². The number of ether oxygens (including phenoxy) is 1. The minimum absolute atomic E-state index is 0.206. The third kappa shape index (κ3) is 7.94. The molecule has 2 atom stereocenters. The smallest absolute Gasteiger partial charge is 0.264 e. The van der Waals surface area contributed by atoms with E-state index in [-0.39, 0.29) is 17.8 Å². The van der Waals surface area contributed by atoms with Crippen molar-refractivity contribution in [1.82, 2.24) is 5.32 Å². The van der Waals surface area contributed by atoms with Crippen LogP contribution in [0, 0.1) is 5.82 Å². The molecule has 1 aromatic rings. The molecule has 0 spiro atoms. The lowest BCUT2D eigenvalue weighted by molar-refractivity contribution is -0.133. The van der Waals surface area contributed by atoms with Crippen molar-refractivity contribution in [3.8, 4) is 5.75 Å². The first-order valence-electron chi connectivity index (χ1n) is 8.29. The van der Waals surface area contributed by atoms with Crippen molar-refractivity contribution in [2.75, 3.05) is 6.54 Å². The Balaban J connectivity index is 2.47. The molecule has 24 heavy (non-hydrogen) atoms. The van der Waals surface area contributed by atoms with Crippen molar-refractivity contribution >= 4 is 11.6 Å². The van der Waals surface area contributed by atoms with E-state index >= 15 is 0 Å². The molecule has 0 aromatic heterocycles. The van der Waals surface area contributed by atoms with Gasteiger partial charge in [0.25, 0.3) is 5.91 Å². The van der Waals surface area contributed by atoms with Crippen LogP contribution in [0.5, 0.6) is 5.75 Å². The fourth-order valence-electron chi connectivity index (χ4n) is 1.94. The average Bonchev–Trinajstić information content (AvgIpc) is 2.54. The standard InChI is InChI=1S/C18H27FN2O3/c1-5-6-7-17(24-21-13(2)3)18(22)20-12-14(4)23-16-10-8-15(19)9-11-16/h8-11,14,17H,5-7,12H2,1-4H3,(H,20,22)/t14-,17-/m0/s1. The van der Waals surface area contributed by atoms with E-state index in [4.69, 9.17) is 9.57 Å². The molecule has 0 aliphatic carbocycles. The molecule has 0 saturated heterocycles. The van der Waals surface area contributed by atoms with E-state index in [1.807, 2.05) is 20.8 Å². The quantitative estimate of drug-likeness (QED) is 0.523. The molecular formula is C18H27FN2O3. The van der Waals surface area contributed by atoms with E-state index < -0.39 is 6.10 Å². The van der Waals surface area contributed by atoms with E-state index in [1.165, 1.54) is 12.1 Å². The molecule has 0 unspecified atom stereocenters. The lowest BCUT2D eigenvalue weighted by atomic mass is 10.1. The Labute approximate surface area is 143 Å². The number of nitrogens with one attached hydrogen (secondary N) is 1. The molecule has 5 nitrogen and oxygen atoms in total. The second-order valence-electron chi connectivity index (χ2n) is 5.90. The number of oxime groups is 1. The lowest BCUT2D eigenvalue weighted by Crippen LogP contribution is -2.40. The third-order valence-corrected chi connectivity index (χ3v) is 3.19. The van der Waals surface area contributed by atoms with Crippen molar-refractivity contribution in [1.29, 1.82) is 0 Å². The number of carbonyl (C=O) groups is 1. The SMILES string of the molecule is CCCC[C@H](ON=C(C)C)C(=O)NC[C@H](C)Oc1ccc(F)cc1. The van der Waals surface area contributed by atoms with Gasteiger partial charge in [-0.2, -0.15) is 0 Å². The molecule has 1 amide bonds. The number of halogens is 1. The van der Waals surface area contributed by atoms with Gasteiger partial charge in [0, 0.05) is 0 Å². The first-order valence-corrected chi connectivity index (χ1v) is 8.29. The van der Waals surface area contributed by atoms with Crippen molar-refractivity contribution in [3.63, 3.8) is 0 Å². The van der Waals surface area contributed by atoms with Gasteiger partial charge in [-0.1, -0.05) is 18.5 Å². The highest BCUT2D eigenvalue weighted by molar-refractivity contribution is 5.81. The second-order valence-corrected chi connectivity index (χ2v) is 5.90. The van der Waals surface area contributed by atoms with Gasteiger partial charge in [0.15, 0.2) is 0 Å². The van der Waals surface area contributed by atoms with Gasteiger partial charge in [0.2, 0.25) is 6.10 Å². The Morgan fingerprint density at radius 3 is 2.54 bits per heavy atom. The highest BCUT2D eigenvalue weighted by Crippen LogP contribution is 2.13. The van der Waals surface area contributed by atoms with Crippen LogP contribution >= 0.6 is 0 Å². The van der Waals surface area contributed by atoms with Gasteiger partial charge >= 0.3 is 0 Å². The summed E-state index contributed by atoms with van der Waals surface area (Å²) in [6.45, 7) is 7.85. The van der Waals surface area contributed by atoms with E-state index in [2.05, 4.69) is 17.4 Å². The van der Waals surface area contributed by atoms with Gasteiger partial charge < -0.3 is 14.9 Å². The number of benzene rings is 1. The van der Waals surface area contributed by atoms with Crippen molar-refractivity contribution in [2.24, 2.45) is 5.16 Å². The molecule has 6 heteroatoms. The topological polar surface area (TPSA) is 59.9 Å². The second kappa shape index (κ2) is 10.6. The summed E-state index contributed by atoms with van der Waals surface area (Å²) in [7, 11) is 0. The molecule has 1 aromatic carbocycles. The molecule has 0 bridgehead atoms. The number of hydrogen-bond acceptors (Lipinski definition) is 4. The zero-order valence-corrected chi connectivity index (χ0v) is 14.8. The van der Waals surface area contributed by atoms with Gasteiger partial charge in [-0.15, -0.1) is 0 Å². The summed E-state index contributed by atoms with van der Waals surface area (Å²) in [5.41, 5.74) is 0.761. The van der Waals surface area contributed by atoms with Gasteiger partial charge in [-0.25, -0.2) is 4.39 Å². The van der Waals surface area contributed by atoms with E-state index in [0.29, 0.717) is 18.7 Å². The summed E-state index contributed by atoms with van der Waals surface area (Å²) >= 11 is 0. The maximum absolute atomic E-state index is 12.9. The van der Waals surface area contributed by atoms with Crippen LogP contribution in [0.15, 0.2) is 29.4 Å². The van der Waals surface area contributed by atoms with Crippen LogP contribution in [0.4, 0.5) is 4.39 Å². The fourth-order valence-corrected chi connectivity index (χ4v) is 1.94. The summed E-state index contributed by atoms with van der Waals surface area (Å²) in [4.78, 5) is 17.6. The normalized spacial score (nSPS) is 12.9. The zero-order chi connectivity index (χ0) is 17.9. The Bertz CT molecular complexity index is 528. The summed E-state index contributed by atoms with van der Waals surface area (Å²) in [6, 6.07) is 5.78. The molecule has 0 aliphatic rings. The largest absolute Gasteiger partial charge is 0.489 e. The monoisotopic (exact) mass is 338 g/mol. The van der Waals surface area contributed by atoms with Crippen LogP contribution in [0.2, 0.25) is 0 Å². The molecule has 1 rings (SSSR count). The summed E-state index contributed by atoms with van der Waals surface area (Å²) in [6.07, 6.45) is 1.64. The Morgan fingerprint density at radius 1 is 1.29 bits per heavy atom. The number of nitrogens with zero attached hydrogens (tertiary/aromatic N) is 1. The van der Waals surface area contributed by atoms with E-state index in [1.54, 1.807) is 12.1 Å². The Hall–Kier alpha value is -2.11. The molecule has 0 fully saturated rings. The summed E-state index contributed by atoms with van der Waals surface area (Å²) in [5.74, 6) is 0.0390. The van der Waals surface area contributed by atoms with Crippen molar-refractivity contribution in [3.05, 3.63) is 30.1 Å². The zero-order valence-electron chi connectivity index (χ0n) is 14.8. The van der Waals surface area contributed by atoms with Crippen LogP contribution < -0.4 is 10.1 Å². The lowest BCUT2D eigenvalue weighted by Gasteiger charge is -2.18. The Kier molecular flexibility index (Phi) is 8.83. The fraction of sp³-hybridized carbons (Fsp3) is 0.556. The molecule has 0 radical (unpaired) electrons. The first-order chi connectivity index (χ1) is 11.4. The average molecular weight is 338 g/mol. The maximum Gasteiger partial charge on any atom is 0.264 e. The van der Waals surface area contributed by atoms with Crippen LogP contribution in [0.1, 0.15) is 47.0 Å². The van der Waals surface area contributed by atoms with Crippen molar-refractivity contribution < 1.29 is 18.8 Å². The van der Waals surface area contributed by atoms with Gasteiger partial charge in [-0.05, 0) is 57.9 Å². The summed E-state index contributed by atoms with van der Waals surface area (Å²) in [5, 5.41) is 6.71. The predicted molar refractivity (Wildman–Crippen MR) is 92.7 cm³/mol. The number of amides is 1. The predicted octanol–water partition coefficient (Wildman–Crippen LogP) is 3.68. The number of hydrogen-bond donors (Lipinski definition) is 1. The molecule has 0 saturated carbocycles. The van der Waals surface area contributed by atoms with Crippen LogP contribution in [-0.2, 0) is 9.63 Å². The minimum atomic E-state index is -0.599. The first kappa shape index (κ1) is 19.9. The Morgan fingerprint density at radius 2 is 1.96 bits per heavy atom. The molecule has 1 N–H and O–H groups in total. The minimum Gasteiger partial charge on any atom is -0.489 e.